The number of carbonyl (C=O) groups is 2. The van der Waals surface area contributed by atoms with Gasteiger partial charge < -0.3 is 24.1 Å². The van der Waals surface area contributed by atoms with Crippen LogP contribution in [0.5, 0.6) is 5.75 Å². The lowest BCUT2D eigenvalue weighted by Crippen LogP contribution is -2.30. The van der Waals surface area contributed by atoms with Crippen LogP contribution in [0.1, 0.15) is 102 Å². The average molecular weight is 553 g/mol. The van der Waals surface area contributed by atoms with Gasteiger partial charge in [-0.25, -0.2) is 4.79 Å². The number of hydrogen-bond donors (Lipinski definition) is 1. The summed E-state index contributed by atoms with van der Waals surface area (Å²) in [7, 11) is 1.66. The first kappa shape index (κ1) is 31.3. The van der Waals surface area contributed by atoms with Crippen LogP contribution >= 0.6 is 0 Å². The lowest BCUT2D eigenvalue weighted by Gasteiger charge is -2.16. The Morgan fingerprint density at radius 1 is 0.975 bits per heavy atom. The summed E-state index contributed by atoms with van der Waals surface area (Å²) in [5, 5.41) is 1.11. The molecule has 0 saturated carbocycles. The number of nitrogens with zero attached hydrogens (tertiary/aromatic N) is 1. The number of nitrogens with one attached hydrogen (secondary N) is 1. The van der Waals surface area contributed by atoms with E-state index in [1.165, 1.54) is 44.1 Å². The second-order valence-corrected chi connectivity index (χ2v) is 10.6. The van der Waals surface area contributed by atoms with Crippen LogP contribution in [0.3, 0.4) is 0 Å². The number of allylic oxidation sites excluding steroid dienone is 4. The van der Waals surface area contributed by atoms with Gasteiger partial charge in [-0.05, 0) is 68.7 Å². The Hall–Kier alpha value is -3.22. The maximum Gasteiger partial charge on any atom is 0.412 e. The molecule has 2 aromatic rings. The van der Waals surface area contributed by atoms with Crippen LogP contribution in [0.2, 0.25) is 0 Å². The maximum atomic E-state index is 12.5. The number of amides is 1. The third-order valence-corrected chi connectivity index (χ3v) is 7.54. The zero-order chi connectivity index (χ0) is 28.4. The number of fused-ring (bicyclic) bond motifs is 1. The predicted molar refractivity (Wildman–Crippen MR) is 161 cm³/mol. The Labute approximate surface area is 239 Å². The van der Waals surface area contributed by atoms with Gasteiger partial charge in [-0.15, -0.1) is 0 Å². The topological polar surface area (TPSA) is 80.9 Å². The van der Waals surface area contributed by atoms with Crippen molar-refractivity contribution >= 4 is 23.0 Å². The molecular weight excluding hydrogens is 504 g/mol. The smallest absolute Gasteiger partial charge is 0.412 e. The minimum absolute atomic E-state index is 0.217. The molecule has 0 radical (unpaired) electrons. The van der Waals surface area contributed by atoms with E-state index in [-0.39, 0.29) is 18.7 Å². The lowest BCUT2D eigenvalue weighted by atomic mass is 9.98. The summed E-state index contributed by atoms with van der Waals surface area (Å²) in [6, 6.07) is 5.95. The van der Waals surface area contributed by atoms with E-state index in [2.05, 4.69) is 36.2 Å². The number of carbonyl (C=O) groups excluding carboxylic acids is 2. The van der Waals surface area contributed by atoms with E-state index >= 15 is 0 Å². The number of H-pyrrole nitrogens is 1. The van der Waals surface area contributed by atoms with Crippen LogP contribution in [0.15, 0.2) is 48.7 Å². The molecule has 1 saturated heterocycles. The minimum Gasteiger partial charge on any atom is -0.497 e. The van der Waals surface area contributed by atoms with Gasteiger partial charge >= 0.3 is 12.1 Å². The number of methoxy groups -OCH3 is 1. The highest BCUT2D eigenvalue weighted by Gasteiger charge is 2.30. The zero-order valence-corrected chi connectivity index (χ0v) is 24.5. The Balaban J connectivity index is 1.19. The number of esters is 1. The number of aromatic nitrogens is 1. The number of aromatic amines is 1. The van der Waals surface area contributed by atoms with Gasteiger partial charge in [0.25, 0.3) is 0 Å². The summed E-state index contributed by atoms with van der Waals surface area (Å²) in [5.41, 5.74) is 2.22. The number of unbranched alkanes of at least 4 members (excludes halogenated alkanes) is 8. The third kappa shape index (κ3) is 10.7. The molecule has 1 fully saturated rings. The van der Waals surface area contributed by atoms with Crippen molar-refractivity contribution in [1.29, 1.82) is 0 Å². The van der Waals surface area contributed by atoms with E-state index in [1.54, 1.807) is 12.0 Å². The summed E-state index contributed by atoms with van der Waals surface area (Å²) < 4.78 is 15.7. The van der Waals surface area contributed by atoms with Gasteiger partial charge in [0.1, 0.15) is 5.75 Å². The van der Waals surface area contributed by atoms with E-state index in [0.29, 0.717) is 19.5 Å². The first-order valence-electron chi connectivity index (χ1n) is 15.1. The van der Waals surface area contributed by atoms with Gasteiger partial charge in [0.15, 0.2) is 0 Å². The largest absolute Gasteiger partial charge is 0.497 e. The quantitative estimate of drug-likeness (QED) is 0.0869. The van der Waals surface area contributed by atoms with E-state index in [9.17, 15) is 9.59 Å². The van der Waals surface area contributed by atoms with Crippen molar-refractivity contribution in [3.8, 4) is 5.75 Å². The fraction of sp³-hybridized carbons (Fsp3) is 0.576. The second kappa shape index (κ2) is 18.2. The molecule has 0 unspecified atom stereocenters. The molecule has 0 bridgehead atoms. The Kier molecular flexibility index (Phi) is 14.2. The molecule has 3 rings (SSSR count). The molecule has 7 heteroatoms. The SMILES string of the molecule is CCCCC/C=C\C/C=C\CCCCCCCC(=O)OCOC(=O)N1CC[C@H](c2c[nH]c3ccc(OC)cc23)C1. The summed E-state index contributed by atoms with van der Waals surface area (Å²) in [4.78, 5) is 29.5. The number of benzene rings is 1. The highest BCUT2D eigenvalue weighted by molar-refractivity contribution is 5.85. The summed E-state index contributed by atoms with van der Waals surface area (Å²) in [6.07, 6.45) is 24.4. The van der Waals surface area contributed by atoms with Gasteiger partial charge in [-0.1, -0.05) is 63.3 Å². The monoisotopic (exact) mass is 552 g/mol. The molecule has 0 aliphatic carbocycles. The Morgan fingerprint density at radius 3 is 2.50 bits per heavy atom. The minimum atomic E-state index is -0.440. The number of ether oxygens (including phenoxy) is 3. The average Bonchev–Trinajstić information content (AvgIpc) is 3.62. The standard InChI is InChI=1S/C33H48N2O5/c1-3-4-5-6-7-8-9-10-11-12-13-14-15-16-17-18-32(36)39-26-40-33(37)35-22-21-27(25-35)30-24-34-31-20-19-28(38-2)23-29(30)31/h7-8,10-11,19-20,23-24,27,34H,3-6,9,12-18,21-22,25-26H2,1-2H3/b8-7-,11-10-/t27-/m0/s1. The van der Waals surface area contributed by atoms with E-state index in [1.807, 2.05) is 24.4 Å². The molecule has 1 amide bonds. The van der Waals surface area contributed by atoms with Crippen LogP contribution in [-0.4, -0.2) is 48.9 Å². The normalized spacial score (nSPS) is 15.4. The lowest BCUT2D eigenvalue weighted by molar-refractivity contribution is -0.152. The van der Waals surface area contributed by atoms with Gasteiger partial charge in [-0.3, -0.25) is 4.79 Å². The molecule has 7 nitrogen and oxygen atoms in total. The third-order valence-electron chi connectivity index (χ3n) is 7.54. The second-order valence-electron chi connectivity index (χ2n) is 10.6. The van der Waals surface area contributed by atoms with Crippen molar-refractivity contribution in [2.75, 3.05) is 27.0 Å². The van der Waals surface area contributed by atoms with Gasteiger partial charge in [0, 0.05) is 42.5 Å². The molecule has 40 heavy (non-hydrogen) atoms. The molecule has 1 N–H and O–H groups in total. The predicted octanol–water partition coefficient (Wildman–Crippen LogP) is 8.42. The summed E-state index contributed by atoms with van der Waals surface area (Å²) in [5.74, 6) is 0.712. The molecule has 1 aromatic carbocycles. The molecule has 220 valence electrons. The molecule has 1 aromatic heterocycles. The summed E-state index contributed by atoms with van der Waals surface area (Å²) >= 11 is 0. The van der Waals surface area contributed by atoms with E-state index in [4.69, 9.17) is 14.2 Å². The molecule has 1 atom stereocenters. The van der Waals surface area contributed by atoms with Crippen molar-refractivity contribution in [3.63, 3.8) is 0 Å². The fourth-order valence-electron chi connectivity index (χ4n) is 5.16. The van der Waals surface area contributed by atoms with Crippen LogP contribution in [0, 0.1) is 0 Å². The van der Waals surface area contributed by atoms with Crippen molar-refractivity contribution in [2.45, 2.75) is 96.3 Å². The Bertz CT molecular complexity index is 1090. The van der Waals surface area contributed by atoms with Crippen molar-refractivity contribution in [2.24, 2.45) is 0 Å². The van der Waals surface area contributed by atoms with Crippen LogP contribution in [0.25, 0.3) is 10.9 Å². The maximum absolute atomic E-state index is 12.5. The summed E-state index contributed by atoms with van der Waals surface area (Å²) in [6.45, 7) is 3.09. The zero-order valence-electron chi connectivity index (χ0n) is 24.5. The number of rotatable bonds is 18. The molecule has 0 spiro atoms. The first-order valence-corrected chi connectivity index (χ1v) is 15.1. The van der Waals surface area contributed by atoms with Crippen LogP contribution in [-0.2, 0) is 14.3 Å². The molecule has 2 heterocycles. The molecule has 1 aliphatic rings. The van der Waals surface area contributed by atoms with E-state index in [0.717, 1.165) is 55.2 Å². The van der Waals surface area contributed by atoms with Crippen LogP contribution < -0.4 is 4.74 Å². The Morgan fingerprint density at radius 2 is 1.73 bits per heavy atom. The number of likely N-dealkylation sites (tertiary alicyclic amines) is 1. The van der Waals surface area contributed by atoms with Crippen molar-refractivity contribution in [1.82, 2.24) is 9.88 Å². The highest BCUT2D eigenvalue weighted by Crippen LogP contribution is 2.34. The number of hydrogen-bond acceptors (Lipinski definition) is 5. The fourth-order valence-corrected chi connectivity index (χ4v) is 5.16. The molecular formula is C33H48N2O5. The molecule has 1 aliphatic heterocycles. The van der Waals surface area contributed by atoms with Crippen molar-refractivity contribution < 1.29 is 23.8 Å². The van der Waals surface area contributed by atoms with Crippen molar-refractivity contribution in [3.05, 3.63) is 54.3 Å². The first-order chi connectivity index (χ1) is 19.6. The van der Waals surface area contributed by atoms with Gasteiger partial charge in [0.05, 0.1) is 7.11 Å². The highest BCUT2D eigenvalue weighted by atomic mass is 16.7. The van der Waals surface area contributed by atoms with Gasteiger partial charge in [-0.2, -0.15) is 0 Å². The van der Waals surface area contributed by atoms with Gasteiger partial charge in [0.2, 0.25) is 6.79 Å². The van der Waals surface area contributed by atoms with Crippen LogP contribution in [0.4, 0.5) is 4.79 Å². The van der Waals surface area contributed by atoms with E-state index < -0.39 is 6.09 Å².